The first kappa shape index (κ1) is 22.4. The third-order valence-electron chi connectivity index (χ3n) is 4.54. The number of hydrogen-bond donors (Lipinski definition) is 2. The van der Waals surface area contributed by atoms with Crippen LogP contribution in [0.5, 0.6) is 5.75 Å². The van der Waals surface area contributed by atoms with Gasteiger partial charge >= 0.3 is 0 Å². The molecule has 3 aromatic rings. The summed E-state index contributed by atoms with van der Waals surface area (Å²) in [7, 11) is 1.53. The molecule has 0 spiro atoms. The quantitative estimate of drug-likeness (QED) is 0.562. The molecule has 0 fully saturated rings. The minimum atomic E-state index is -0.975. The molecular weight excluding hydrogens is 424 g/mol. The lowest BCUT2D eigenvalue weighted by molar-refractivity contribution is -0.118. The van der Waals surface area contributed by atoms with Crippen LogP contribution in [0.3, 0.4) is 0 Å². The Morgan fingerprint density at radius 3 is 2.39 bits per heavy atom. The number of rotatable bonds is 7. The summed E-state index contributed by atoms with van der Waals surface area (Å²) in [6.45, 7) is 3.63. The summed E-state index contributed by atoms with van der Waals surface area (Å²) in [6.07, 6.45) is 0. The van der Waals surface area contributed by atoms with E-state index in [0.717, 1.165) is 23.5 Å². The largest absolute Gasteiger partial charge is 0.497 e. The molecule has 1 heterocycles. The van der Waals surface area contributed by atoms with Gasteiger partial charge in [0, 0.05) is 16.5 Å². The van der Waals surface area contributed by atoms with E-state index in [9.17, 15) is 18.4 Å². The minimum Gasteiger partial charge on any atom is -0.497 e. The summed E-state index contributed by atoms with van der Waals surface area (Å²) in [5.41, 5.74) is 1.19. The number of amides is 2. The second kappa shape index (κ2) is 9.65. The molecule has 3 rings (SSSR count). The van der Waals surface area contributed by atoms with Crippen LogP contribution >= 0.6 is 11.3 Å². The molecule has 0 aliphatic heterocycles. The van der Waals surface area contributed by atoms with Gasteiger partial charge in [-0.15, -0.1) is 11.3 Å². The molecule has 9 heteroatoms. The molecule has 31 heavy (non-hydrogen) atoms. The molecular formula is C22H21F2N3O3S. The minimum absolute atomic E-state index is 0.187. The number of carbonyl (C=O) groups excluding carboxylic acids is 2. The number of aromatic nitrogens is 1. The fourth-order valence-corrected chi connectivity index (χ4v) is 3.53. The van der Waals surface area contributed by atoms with Gasteiger partial charge in [0.15, 0.2) is 16.8 Å². The maximum atomic E-state index is 13.5. The van der Waals surface area contributed by atoms with E-state index in [1.54, 1.807) is 29.6 Å². The number of anilines is 1. The average molecular weight is 445 g/mol. The van der Waals surface area contributed by atoms with E-state index in [1.807, 2.05) is 13.8 Å². The van der Waals surface area contributed by atoms with Crippen LogP contribution in [0, 0.1) is 17.6 Å². The molecule has 162 valence electrons. The van der Waals surface area contributed by atoms with Gasteiger partial charge in [0.1, 0.15) is 11.8 Å². The summed E-state index contributed by atoms with van der Waals surface area (Å²) in [6, 6.07) is 9.21. The number of methoxy groups -OCH3 is 1. The van der Waals surface area contributed by atoms with E-state index < -0.39 is 29.5 Å². The molecule has 0 saturated carbocycles. The Morgan fingerprint density at radius 1 is 1.06 bits per heavy atom. The summed E-state index contributed by atoms with van der Waals surface area (Å²) >= 11 is 1.15. The van der Waals surface area contributed by atoms with Crippen molar-refractivity contribution in [2.24, 2.45) is 5.92 Å². The van der Waals surface area contributed by atoms with Gasteiger partial charge in [0.25, 0.3) is 5.91 Å². The maximum absolute atomic E-state index is 13.5. The second-order valence-electron chi connectivity index (χ2n) is 7.08. The van der Waals surface area contributed by atoms with Gasteiger partial charge < -0.3 is 15.4 Å². The highest BCUT2D eigenvalue weighted by atomic mass is 32.1. The molecule has 0 aliphatic rings. The fraction of sp³-hybridized carbons (Fsp3) is 0.227. The van der Waals surface area contributed by atoms with Crippen LogP contribution in [0.25, 0.3) is 11.3 Å². The normalized spacial score (nSPS) is 11.8. The molecule has 0 radical (unpaired) electrons. The molecule has 1 unspecified atom stereocenters. The fourth-order valence-electron chi connectivity index (χ4n) is 2.80. The SMILES string of the molecule is COc1ccc(C(=O)NC(C(=O)Nc2nc(-c3ccc(F)c(F)c3)cs2)C(C)C)cc1. The Labute approximate surface area is 182 Å². The Hall–Kier alpha value is -3.33. The summed E-state index contributed by atoms with van der Waals surface area (Å²) in [5.74, 6) is -2.30. The van der Waals surface area contributed by atoms with E-state index in [1.165, 1.54) is 13.2 Å². The molecule has 2 N–H and O–H groups in total. The van der Waals surface area contributed by atoms with Crippen molar-refractivity contribution in [2.75, 3.05) is 12.4 Å². The number of nitrogens with zero attached hydrogens (tertiary/aromatic N) is 1. The van der Waals surface area contributed by atoms with E-state index >= 15 is 0 Å². The maximum Gasteiger partial charge on any atom is 0.251 e. The molecule has 1 atom stereocenters. The van der Waals surface area contributed by atoms with Crippen LogP contribution in [0.1, 0.15) is 24.2 Å². The first-order valence-corrected chi connectivity index (χ1v) is 10.3. The molecule has 6 nitrogen and oxygen atoms in total. The van der Waals surface area contributed by atoms with Crippen molar-refractivity contribution in [2.45, 2.75) is 19.9 Å². The van der Waals surface area contributed by atoms with Crippen LogP contribution in [0.2, 0.25) is 0 Å². The molecule has 0 aliphatic carbocycles. The lowest BCUT2D eigenvalue weighted by Crippen LogP contribution is -2.47. The van der Waals surface area contributed by atoms with Crippen molar-refractivity contribution >= 4 is 28.3 Å². The van der Waals surface area contributed by atoms with E-state index in [-0.39, 0.29) is 11.0 Å². The highest BCUT2D eigenvalue weighted by molar-refractivity contribution is 7.14. The van der Waals surface area contributed by atoms with Crippen LogP contribution in [-0.2, 0) is 4.79 Å². The third kappa shape index (κ3) is 5.43. The molecule has 0 bridgehead atoms. The Morgan fingerprint density at radius 2 is 1.77 bits per heavy atom. The van der Waals surface area contributed by atoms with Crippen LogP contribution in [0.4, 0.5) is 13.9 Å². The zero-order valence-electron chi connectivity index (χ0n) is 17.1. The standard InChI is InChI=1S/C22H21F2N3O3S/c1-12(2)19(26-20(28)13-4-7-15(30-3)8-5-13)21(29)27-22-25-18(11-31-22)14-6-9-16(23)17(24)10-14/h4-12,19H,1-3H3,(H,26,28)(H,25,27,29). The average Bonchev–Trinajstić information content (AvgIpc) is 3.21. The number of halogens is 2. The van der Waals surface area contributed by atoms with Crippen LogP contribution < -0.4 is 15.4 Å². The monoisotopic (exact) mass is 445 g/mol. The first-order valence-electron chi connectivity index (χ1n) is 9.45. The summed E-state index contributed by atoms with van der Waals surface area (Å²) in [5, 5.41) is 7.33. The number of carbonyl (C=O) groups is 2. The van der Waals surface area contributed by atoms with Crippen molar-refractivity contribution in [1.29, 1.82) is 0 Å². The van der Waals surface area contributed by atoms with E-state index in [2.05, 4.69) is 15.6 Å². The molecule has 2 aromatic carbocycles. The second-order valence-corrected chi connectivity index (χ2v) is 7.94. The van der Waals surface area contributed by atoms with E-state index in [0.29, 0.717) is 22.6 Å². The molecule has 0 saturated heterocycles. The van der Waals surface area contributed by atoms with Gasteiger partial charge in [-0.05, 0) is 48.4 Å². The van der Waals surface area contributed by atoms with Gasteiger partial charge in [-0.3, -0.25) is 9.59 Å². The predicted octanol–water partition coefficient (Wildman–Crippen LogP) is 4.49. The predicted molar refractivity (Wildman–Crippen MR) is 115 cm³/mol. The Balaban J connectivity index is 1.69. The summed E-state index contributed by atoms with van der Waals surface area (Å²) in [4.78, 5) is 29.6. The zero-order valence-corrected chi connectivity index (χ0v) is 17.9. The number of nitrogens with one attached hydrogen (secondary N) is 2. The number of ether oxygens (including phenoxy) is 1. The highest BCUT2D eigenvalue weighted by Gasteiger charge is 2.25. The first-order chi connectivity index (χ1) is 14.8. The highest BCUT2D eigenvalue weighted by Crippen LogP contribution is 2.26. The van der Waals surface area contributed by atoms with Gasteiger partial charge in [0.2, 0.25) is 5.91 Å². The Kier molecular flexibility index (Phi) is 6.96. The van der Waals surface area contributed by atoms with Crippen molar-refractivity contribution in [3.63, 3.8) is 0 Å². The Bertz CT molecular complexity index is 1080. The van der Waals surface area contributed by atoms with Gasteiger partial charge in [-0.25, -0.2) is 13.8 Å². The number of benzene rings is 2. The van der Waals surface area contributed by atoms with Crippen molar-refractivity contribution in [1.82, 2.24) is 10.3 Å². The molecule has 2 amide bonds. The van der Waals surface area contributed by atoms with Crippen molar-refractivity contribution in [3.8, 4) is 17.0 Å². The number of thiazole rings is 1. The smallest absolute Gasteiger partial charge is 0.251 e. The zero-order chi connectivity index (χ0) is 22.5. The lowest BCUT2D eigenvalue weighted by Gasteiger charge is -2.21. The number of hydrogen-bond acceptors (Lipinski definition) is 5. The molecule has 1 aromatic heterocycles. The van der Waals surface area contributed by atoms with Crippen LogP contribution in [0.15, 0.2) is 47.8 Å². The lowest BCUT2D eigenvalue weighted by atomic mass is 10.0. The van der Waals surface area contributed by atoms with Gasteiger partial charge in [-0.1, -0.05) is 13.8 Å². The van der Waals surface area contributed by atoms with Crippen molar-refractivity contribution < 1.29 is 23.1 Å². The van der Waals surface area contributed by atoms with Gasteiger partial charge in [0.05, 0.1) is 12.8 Å². The van der Waals surface area contributed by atoms with Crippen molar-refractivity contribution in [3.05, 3.63) is 65.0 Å². The topological polar surface area (TPSA) is 80.3 Å². The van der Waals surface area contributed by atoms with Gasteiger partial charge in [-0.2, -0.15) is 0 Å². The third-order valence-corrected chi connectivity index (χ3v) is 5.30. The van der Waals surface area contributed by atoms with Crippen LogP contribution in [-0.4, -0.2) is 29.9 Å². The summed E-state index contributed by atoms with van der Waals surface area (Å²) < 4.78 is 31.7. The van der Waals surface area contributed by atoms with E-state index in [4.69, 9.17) is 4.74 Å².